The van der Waals surface area contributed by atoms with Crippen LogP contribution >= 0.6 is 0 Å². The van der Waals surface area contributed by atoms with Gasteiger partial charge in [-0.1, -0.05) is 30.3 Å². The van der Waals surface area contributed by atoms with E-state index in [4.69, 9.17) is 4.74 Å². The van der Waals surface area contributed by atoms with Crippen LogP contribution in [0.15, 0.2) is 60.6 Å². The van der Waals surface area contributed by atoms with E-state index in [1.807, 2.05) is 55.0 Å². The van der Waals surface area contributed by atoms with Crippen LogP contribution in [0.2, 0.25) is 0 Å². The number of nitrogens with zero attached hydrogens (tertiary/aromatic N) is 2. The Morgan fingerprint density at radius 1 is 1.28 bits per heavy atom. The van der Waals surface area contributed by atoms with Gasteiger partial charge in [-0.25, -0.2) is 4.98 Å². The summed E-state index contributed by atoms with van der Waals surface area (Å²) in [6.45, 7) is 3.79. The van der Waals surface area contributed by atoms with Crippen molar-refractivity contribution >= 4 is 12.0 Å². The number of aryl methyl sites for hydroxylation is 2. The van der Waals surface area contributed by atoms with E-state index in [2.05, 4.69) is 28.5 Å². The Balaban J connectivity index is 1.52. The van der Waals surface area contributed by atoms with Crippen LogP contribution in [0, 0.1) is 6.92 Å². The summed E-state index contributed by atoms with van der Waals surface area (Å²) in [6.07, 6.45) is 7.56. The SMILES string of the molecule is COc1cc(C=C(C)C(=O)NC2CCc3ccccc32)ccc1-n1cnc(C)c1. The lowest BCUT2D eigenvalue weighted by atomic mass is 10.1. The molecule has 1 atom stereocenters. The van der Waals surface area contributed by atoms with Crippen LogP contribution in [0.4, 0.5) is 0 Å². The van der Waals surface area contributed by atoms with E-state index < -0.39 is 0 Å². The van der Waals surface area contributed by atoms with Crippen molar-refractivity contribution in [2.24, 2.45) is 0 Å². The van der Waals surface area contributed by atoms with Crippen LogP contribution in [0.25, 0.3) is 11.8 Å². The fourth-order valence-electron chi connectivity index (χ4n) is 3.84. The van der Waals surface area contributed by atoms with Crippen LogP contribution in [0.3, 0.4) is 0 Å². The summed E-state index contributed by atoms with van der Waals surface area (Å²) < 4.78 is 7.49. The predicted molar refractivity (Wildman–Crippen MR) is 114 cm³/mol. The number of amides is 1. The van der Waals surface area contributed by atoms with E-state index in [1.54, 1.807) is 13.4 Å². The van der Waals surface area contributed by atoms with Crippen molar-refractivity contribution in [2.75, 3.05) is 7.11 Å². The number of aromatic nitrogens is 2. The van der Waals surface area contributed by atoms with E-state index >= 15 is 0 Å². The molecule has 2 aromatic carbocycles. The normalized spacial score (nSPS) is 15.8. The lowest BCUT2D eigenvalue weighted by Crippen LogP contribution is -2.27. The molecule has 29 heavy (non-hydrogen) atoms. The summed E-state index contributed by atoms with van der Waals surface area (Å²) in [6, 6.07) is 14.3. The van der Waals surface area contributed by atoms with Gasteiger partial charge in [0.15, 0.2) is 0 Å². The van der Waals surface area contributed by atoms with E-state index in [0.717, 1.165) is 35.5 Å². The summed E-state index contributed by atoms with van der Waals surface area (Å²) in [5.41, 5.74) is 6.00. The summed E-state index contributed by atoms with van der Waals surface area (Å²) in [5, 5.41) is 3.17. The highest BCUT2D eigenvalue weighted by atomic mass is 16.5. The van der Waals surface area contributed by atoms with E-state index in [1.165, 1.54) is 11.1 Å². The lowest BCUT2D eigenvalue weighted by molar-refractivity contribution is -0.118. The molecule has 0 fully saturated rings. The smallest absolute Gasteiger partial charge is 0.247 e. The summed E-state index contributed by atoms with van der Waals surface area (Å²) in [7, 11) is 1.65. The number of methoxy groups -OCH3 is 1. The standard InChI is InChI=1S/C24H25N3O2/c1-16(24(28)26-21-10-9-19-6-4-5-7-20(19)21)12-18-8-11-22(23(13-18)29-3)27-14-17(2)25-15-27/h4-8,11-15,21H,9-10H2,1-3H3,(H,26,28). The third-order valence-electron chi connectivity index (χ3n) is 5.37. The van der Waals surface area contributed by atoms with Crippen LogP contribution in [0.5, 0.6) is 5.75 Å². The number of fused-ring (bicyclic) bond motifs is 1. The second-order valence-corrected chi connectivity index (χ2v) is 7.44. The van der Waals surface area contributed by atoms with Gasteiger partial charge in [-0.2, -0.15) is 0 Å². The fourth-order valence-corrected chi connectivity index (χ4v) is 3.84. The highest BCUT2D eigenvalue weighted by Gasteiger charge is 2.23. The zero-order chi connectivity index (χ0) is 20.4. The summed E-state index contributed by atoms with van der Waals surface area (Å²) >= 11 is 0. The molecule has 0 bridgehead atoms. The Hall–Kier alpha value is -3.34. The Morgan fingerprint density at radius 3 is 2.86 bits per heavy atom. The summed E-state index contributed by atoms with van der Waals surface area (Å²) in [5.74, 6) is 0.689. The van der Waals surface area contributed by atoms with Gasteiger partial charge in [0.25, 0.3) is 0 Å². The topological polar surface area (TPSA) is 56.1 Å². The molecule has 1 aliphatic rings. The quantitative estimate of drug-likeness (QED) is 0.661. The van der Waals surface area contributed by atoms with Gasteiger partial charge >= 0.3 is 0 Å². The molecule has 1 unspecified atom stereocenters. The maximum Gasteiger partial charge on any atom is 0.247 e. The van der Waals surface area contributed by atoms with Gasteiger partial charge in [0, 0.05) is 11.8 Å². The highest BCUT2D eigenvalue weighted by molar-refractivity contribution is 5.97. The van der Waals surface area contributed by atoms with Gasteiger partial charge in [0.05, 0.1) is 30.9 Å². The van der Waals surface area contributed by atoms with Gasteiger partial charge < -0.3 is 14.6 Å². The monoisotopic (exact) mass is 387 g/mol. The fraction of sp³-hybridized carbons (Fsp3) is 0.250. The van der Waals surface area contributed by atoms with Crippen molar-refractivity contribution in [1.82, 2.24) is 14.9 Å². The maximum atomic E-state index is 12.7. The minimum absolute atomic E-state index is 0.0417. The highest BCUT2D eigenvalue weighted by Crippen LogP contribution is 2.31. The molecule has 5 heteroatoms. The van der Waals surface area contributed by atoms with Crippen LogP contribution in [-0.2, 0) is 11.2 Å². The number of rotatable bonds is 5. The zero-order valence-corrected chi connectivity index (χ0v) is 17.0. The zero-order valence-electron chi connectivity index (χ0n) is 17.0. The minimum atomic E-state index is -0.0417. The van der Waals surface area contributed by atoms with Gasteiger partial charge in [-0.3, -0.25) is 4.79 Å². The Labute approximate surface area is 171 Å². The van der Waals surface area contributed by atoms with E-state index in [9.17, 15) is 4.79 Å². The first-order chi connectivity index (χ1) is 14.0. The third-order valence-corrected chi connectivity index (χ3v) is 5.37. The number of carbonyl (C=O) groups excluding carboxylic acids is 1. The number of nitrogens with one attached hydrogen (secondary N) is 1. The Bertz CT molecular complexity index is 1080. The minimum Gasteiger partial charge on any atom is -0.495 e. The Morgan fingerprint density at radius 2 is 2.10 bits per heavy atom. The molecule has 148 valence electrons. The van der Waals surface area contributed by atoms with Gasteiger partial charge in [-0.15, -0.1) is 0 Å². The number of hydrogen-bond acceptors (Lipinski definition) is 3. The van der Waals surface area contributed by atoms with Crippen molar-refractivity contribution in [1.29, 1.82) is 0 Å². The van der Waals surface area contributed by atoms with Gasteiger partial charge in [-0.05, 0) is 61.6 Å². The number of imidazole rings is 1. The first kappa shape index (κ1) is 19.0. The third kappa shape index (κ3) is 3.94. The maximum absolute atomic E-state index is 12.7. The van der Waals surface area contributed by atoms with E-state index in [-0.39, 0.29) is 11.9 Å². The number of benzene rings is 2. The molecule has 0 saturated carbocycles. The summed E-state index contributed by atoms with van der Waals surface area (Å²) in [4.78, 5) is 17.0. The largest absolute Gasteiger partial charge is 0.495 e. The molecule has 1 aliphatic carbocycles. The number of hydrogen-bond donors (Lipinski definition) is 1. The molecule has 1 N–H and O–H groups in total. The molecule has 1 heterocycles. The Kier molecular flexibility index (Phi) is 5.21. The van der Waals surface area contributed by atoms with Crippen molar-refractivity contribution in [3.8, 4) is 11.4 Å². The predicted octanol–water partition coefficient (Wildman–Crippen LogP) is 4.40. The molecular formula is C24H25N3O2. The first-order valence-corrected chi connectivity index (χ1v) is 9.81. The first-order valence-electron chi connectivity index (χ1n) is 9.81. The van der Waals surface area contributed by atoms with Gasteiger partial charge in [0.1, 0.15) is 5.75 Å². The van der Waals surface area contributed by atoms with Crippen LogP contribution < -0.4 is 10.1 Å². The molecular weight excluding hydrogens is 362 g/mol. The number of ether oxygens (including phenoxy) is 1. The van der Waals surface area contributed by atoms with Gasteiger partial charge in [0.2, 0.25) is 5.91 Å². The van der Waals surface area contributed by atoms with Crippen molar-refractivity contribution < 1.29 is 9.53 Å². The second-order valence-electron chi connectivity index (χ2n) is 7.44. The van der Waals surface area contributed by atoms with Crippen LogP contribution in [-0.4, -0.2) is 22.6 Å². The van der Waals surface area contributed by atoms with Crippen molar-refractivity contribution in [3.05, 3.63) is 82.9 Å². The van der Waals surface area contributed by atoms with E-state index in [0.29, 0.717) is 5.57 Å². The molecule has 1 amide bonds. The molecule has 5 nitrogen and oxygen atoms in total. The van der Waals surface area contributed by atoms with Crippen molar-refractivity contribution in [2.45, 2.75) is 32.7 Å². The molecule has 0 spiro atoms. The molecule has 0 aliphatic heterocycles. The lowest BCUT2D eigenvalue weighted by Gasteiger charge is -2.15. The molecule has 1 aromatic heterocycles. The second kappa shape index (κ2) is 7.95. The molecule has 0 radical (unpaired) electrons. The van der Waals surface area contributed by atoms with Crippen LogP contribution in [0.1, 0.15) is 41.8 Å². The van der Waals surface area contributed by atoms with Crippen molar-refractivity contribution in [3.63, 3.8) is 0 Å². The number of carbonyl (C=O) groups is 1. The molecule has 0 saturated heterocycles. The average molecular weight is 387 g/mol. The average Bonchev–Trinajstić information content (AvgIpc) is 3.34. The molecule has 3 aromatic rings. The molecule has 4 rings (SSSR count).